The number of nitrogens with one attached hydrogen (secondary N) is 1. The van der Waals surface area contributed by atoms with Gasteiger partial charge in [0, 0.05) is 10.0 Å². The van der Waals surface area contributed by atoms with E-state index in [-0.39, 0.29) is 5.54 Å². The second-order valence-corrected chi connectivity index (χ2v) is 5.09. The van der Waals surface area contributed by atoms with Crippen LogP contribution in [0, 0.1) is 13.8 Å². The van der Waals surface area contributed by atoms with Crippen LogP contribution in [-0.2, 0) is 5.54 Å². The molecule has 0 radical (unpaired) electrons. The molecular formula is C12H18BrN. The Balaban J connectivity index is 3.26. The van der Waals surface area contributed by atoms with Gasteiger partial charge in [-0.3, -0.25) is 0 Å². The first-order valence-corrected chi connectivity index (χ1v) is 5.64. The van der Waals surface area contributed by atoms with E-state index in [4.69, 9.17) is 0 Å². The summed E-state index contributed by atoms with van der Waals surface area (Å²) in [5, 5.41) is 3.32. The summed E-state index contributed by atoms with van der Waals surface area (Å²) in [6.07, 6.45) is 0. The van der Waals surface area contributed by atoms with Crippen molar-refractivity contribution in [3.05, 3.63) is 33.3 Å². The highest BCUT2D eigenvalue weighted by Crippen LogP contribution is 2.27. The number of benzene rings is 1. The molecule has 1 aromatic rings. The molecule has 0 heterocycles. The van der Waals surface area contributed by atoms with Crippen LogP contribution in [0.3, 0.4) is 0 Å². The maximum absolute atomic E-state index is 3.58. The average molecular weight is 256 g/mol. The van der Waals surface area contributed by atoms with E-state index in [1.54, 1.807) is 0 Å². The molecule has 0 amide bonds. The van der Waals surface area contributed by atoms with Gasteiger partial charge in [-0.2, -0.15) is 0 Å². The van der Waals surface area contributed by atoms with E-state index in [0.29, 0.717) is 0 Å². The lowest BCUT2D eigenvalue weighted by atomic mass is 9.92. The van der Waals surface area contributed by atoms with Crippen molar-refractivity contribution in [2.75, 3.05) is 7.05 Å². The van der Waals surface area contributed by atoms with Crippen molar-refractivity contribution in [3.8, 4) is 0 Å². The number of rotatable bonds is 2. The van der Waals surface area contributed by atoms with Crippen LogP contribution in [-0.4, -0.2) is 7.05 Å². The summed E-state index contributed by atoms with van der Waals surface area (Å²) in [5.74, 6) is 0. The summed E-state index contributed by atoms with van der Waals surface area (Å²) in [7, 11) is 1.99. The maximum atomic E-state index is 3.58. The van der Waals surface area contributed by atoms with Gasteiger partial charge in [0.05, 0.1) is 0 Å². The van der Waals surface area contributed by atoms with Gasteiger partial charge in [0.1, 0.15) is 0 Å². The van der Waals surface area contributed by atoms with Gasteiger partial charge < -0.3 is 5.32 Å². The molecule has 0 spiro atoms. The van der Waals surface area contributed by atoms with Crippen LogP contribution >= 0.6 is 15.9 Å². The molecule has 14 heavy (non-hydrogen) atoms. The Morgan fingerprint density at radius 1 is 1.14 bits per heavy atom. The van der Waals surface area contributed by atoms with Crippen molar-refractivity contribution in [2.45, 2.75) is 33.2 Å². The second-order valence-electron chi connectivity index (χ2n) is 4.30. The van der Waals surface area contributed by atoms with Gasteiger partial charge in [0.25, 0.3) is 0 Å². The van der Waals surface area contributed by atoms with Gasteiger partial charge in [-0.15, -0.1) is 0 Å². The SMILES string of the molecule is CNC(C)(C)c1cc(C)c(Br)c(C)c1. The molecule has 1 rings (SSSR count). The molecule has 2 heteroatoms. The predicted molar refractivity (Wildman–Crippen MR) is 65.7 cm³/mol. The van der Waals surface area contributed by atoms with Gasteiger partial charge in [-0.25, -0.2) is 0 Å². The molecule has 1 N–H and O–H groups in total. The minimum absolute atomic E-state index is 0.0379. The number of hydrogen-bond acceptors (Lipinski definition) is 1. The second kappa shape index (κ2) is 4.03. The van der Waals surface area contributed by atoms with Crippen LogP contribution in [0.1, 0.15) is 30.5 Å². The van der Waals surface area contributed by atoms with E-state index in [2.05, 4.69) is 61.1 Å². The first kappa shape index (κ1) is 11.7. The van der Waals surface area contributed by atoms with Gasteiger partial charge in [0.2, 0.25) is 0 Å². The molecule has 0 unspecified atom stereocenters. The topological polar surface area (TPSA) is 12.0 Å². The van der Waals surface area contributed by atoms with Gasteiger partial charge in [-0.05, 0) is 51.4 Å². The Morgan fingerprint density at radius 3 is 1.93 bits per heavy atom. The van der Waals surface area contributed by atoms with Crippen molar-refractivity contribution >= 4 is 15.9 Å². The van der Waals surface area contributed by atoms with Crippen molar-refractivity contribution < 1.29 is 0 Å². The summed E-state index contributed by atoms with van der Waals surface area (Å²) in [4.78, 5) is 0. The summed E-state index contributed by atoms with van der Waals surface area (Å²) >= 11 is 3.58. The van der Waals surface area contributed by atoms with Gasteiger partial charge in [-0.1, -0.05) is 28.1 Å². The van der Waals surface area contributed by atoms with Crippen LogP contribution in [0.25, 0.3) is 0 Å². The van der Waals surface area contributed by atoms with E-state index in [1.165, 1.54) is 21.2 Å². The first-order valence-electron chi connectivity index (χ1n) is 4.84. The minimum Gasteiger partial charge on any atom is -0.311 e. The van der Waals surface area contributed by atoms with Crippen molar-refractivity contribution in [2.24, 2.45) is 0 Å². The van der Waals surface area contributed by atoms with E-state index < -0.39 is 0 Å². The third-order valence-electron chi connectivity index (χ3n) is 2.78. The highest BCUT2D eigenvalue weighted by atomic mass is 79.9. The maximum Gasteiger partial charge on any atom is 0.0375 e. The fraction of sp³-hybridized carbons (Fsp3) is 0.500. The molecular weight excluding hydrogens is 238 g/mol. The standard InChI is InChI=1S/C12H18BrN/c1-8-6-10(12(3,4)14-5)7-9(2)11(8)13/h6-7,14H,1-5H3. The van der Waals surface area contributed by atoms with Crippen molar-refractivity contribution in [3.63, 3.8) is 0 Å². The molecule has 0 aromatic heterocycles. The lowest BCUT2D eigenvalue weighted by Gasteiger charge is -2.26. The Bertz CT molecular complexity index is 319. The van der Waals surface area contributed by atoms with Crippen LogP contribution in [0.2, 0.25) is 0 Å². The molecule has 0 aliphatic rings. The van der Waals surface area contributed by atoms with E-state index >= 15 is 0 Å². The van der Waals surface area contributed by atoms with E-state index in [1.807, 2.05) is 7.05 Å². The third kappa shape index (κ3) is 2.18. The molecule has 0 saturated heterocycles. The fourth-order valence-electron chi connectivity index (χ4n) is 1.45. The Labute approximate surface area is 95.0 Å². The number of hydrogen-bond donors (Lipinski definition) is 1. The lowest BCUT2D eigenvalue weighted by Crippen LogP contribution is -2.33. The predicted octanol–water partition coefficient (Wildman–Crippen LogP) is 3.52. The summed E-state index contributed by atoms with van der Waals surface area (Å²) in [6.45, 7) is 8.64. The zero-order chi connectivity index (χ0) is 10.9. The molecule has 0 saturated carbocycles. The summed E-state index contributed by atoms with van der Waals surface area (Å²) < 4.78 is 1.22. The summed E-state index contributed by atoms with van der Waals surface area (Å²) in [5.41, 5.74) is 3.96. The molecule has 1 aromatic carbocycles. The van der Waals surface area contributed by atoms with E-state index in [9.17, 15) is 0 Å². The van der Waals surface area contributed by atoms with Crippen LogP contribution in [0.15, 0.2) is 16.6 Å². The average Bonchev–Trinajstić information content (AvgIpc) is 2.13. The first-order chi connectivity index (χ1) is 6.38. The van der Waals surface area contributed by atoms with E-state index in [0.717, 1.165) is 0 Å². The van der Waals surface area contributed by atoms with Crippen LogP contribution < -0.4 is 5.32 Å². The number of aryl methyl sites for hydroxylation is 2. The molecule has 1 nitrogen and oxygen atoms in total. The Kier molecular flexibility index (Phi) is 3.38. The molecule has 0 aliphatic carbocycles. The summed E-state index contributed by atoms with van der Waals surface area (Å²) in [6, 6.07) is 4.46. The zero-order valence-electron chi connectivity index (χ0n) is 9.53. The molecule has 0 atom stereocenters. The Morgan fingerprint density at radius 2 is 1.57 bits per heavy atom. The van der Waals surface area contributed by atoms with Gasteiger partial charge >= 0.3 is 0 Å². The largest absolute Gasteiger partial charge is 0.311 e. The molecule has 0 aliphatic heterocycles. The Hall–Kier alpha value is -0.340. The normalized spacial score (nSPS) is 11.9. The zero-order valence-corrected chi connectivity index (χ0v) is 11.1. The van der Waals surface area contributed by atoms with Crippen LogP contribution in [0.5, 0.6) is 0 Å². The molecule has 0 fully saturated rings. The highest BCUT2D eigenvalue weighted by molar-refractivity contribution is 9.10. The third-order valence-corrected chi connectivity index (χ3v) is 4.03. The van der Waals surface area contributed by atoms with Crippen molar-refractivity contribution in [1.29, 1.82) is 0 Å². The highest BCUT2D eigenvalue weighted by Gasteiger charge is 2.18. The minimum atomic E-state index is 0.0379. The fourth-order valence-corrected chi connectivity index (χ4v) is 1.68. The molecule has 78 valence electrons. The molecule has 0 bridgehead atoms. The quantitative estimate of drug-likeness (QED) is 0.853. The number of halogens is 1. The van der Waals surface area contributed by atoms with Crippen LogP contribution in [0.4, 0.5) is 0 Å². The monoisotopic (exact) mass is 255 g/mol. The smallest absolute Gasteiger partial charge is 0.0375 e. The van der Waals surface area contributed by atoms with Gasteiger partial charge in [0.15, 0.2) is 0 Å². The lowest BCUT2D eigenvalue weighted by molar-refractivity contribution is 0.444. The van der Waals surface area contributed by atoms with Crippen molar-refractivity contribution in [1.82, 2.24) is 5.32 Å².